The Balaban J connectivity index is 2.31. The van der Waals surface area contributed by atoms with Crippen LogP contribution in [-0.2, 0) is 0 Å². The number of nitrogens with zero attached hydrogens (tertiary/aromatic N) is 2. The Morgan fingerprint density at radius 1 is 1.06 bits per heavy atom. The Hall–Kier alpha value is -1.68. The van der Waals surface area contributed by atoms with Crippen LogP contribution in [0.1, 0.15) is 0 Å². The van der Waals surface area contributed by atoms with Crippen molar-refractivity contribution >= 4 is 27.0 Å². The van der Waals surface area contributed by atoms with Crippen LogP contribution < -0.4 is 0 Å². The number of nitrogens with one attached hydrogen (secondary N) is 1. The van der Waals surface area contributed by atoms with Crippen molar-refractivity contribution < 1.29 is 0 Å². The maximum atomic E-state index is 4.39. The molecule has 0 spiro atoms. The molecule has 0 fully saturated rings. The molecule has 1 N–H and O–H groups in total. The van der Waals surface area contributed by atoms with Gasteiger partial charge in [-0.05, 0) is 22.0 Å². The molecule has 3 rings (SSSR count). The summed E-state index contributed by atoms with van der Waals surface area (Å²) >= 11 is 3.34. The lowest BCUT2D eigenvalue weighted by Gasteiger charge is -2.00. The molecule has 0 radical (unpaired) electrons. The first-order valence-electron chi connectivity index (χ1n) is 4.90. The molecule has 0 atom stereocenters. The summed E-state index contributed by atoms with van der Waals surface area (Å²) in [7, 11) is 0. The van der Waals surface area contributed by atoms with Crippen LogP contribution >= 0.6 is 15.9 Å². The number of halogens is 1. The van der Waals surface area contributed by atoms with Crippen molar-refractivity contribution in [1.29, 1.82) is 0 Å². The number of hydrogen-bond acceptors (Lipinski definition) is 2. The number of pyridine rings is 1. The van der Waals surface area contributed by atoms with Gasteiger partial charge in [-0.3, -0.25) is 4.98 Å². The highest BCUT2D eigenvalue weighted by molar-refractivity contribution is 9.10. The number of imidazole rings is 1. The van der Waals surface area contributed by atoms with E-state index in [2.05, 4.69) is 30.9 Å². The monoisotopic (exact) mass is 273 g/mol. The van der Waals surface area contributed by atoms with Crippen LogP contribution in [0.3, 0.4) is 0 Å². The molecule has 3 nitrogen and oxygen atoms in total. The van der Waals surface area contributed by atoms with Gasteiger partial charge in [0.2, 0.25) is 0 Å². The molecule has 2 heterocycles. The molecule has 0 saturated heterocycles. The maximum absolute atomic E-state index is 4.39. The molecule has 3 aromatic rings. The van der Waals surface area contributed by atoms with E-state index in [1.807, 2.05) is 36.4 Å². The number of benzene rings is 1. The van der Waals surface area contributed by atoms with E-state index in [9.17, 15) is 0 Å². The van der Waals surface area contributed by atoms with Gasteiger partial charge in [0, 0.05) is 11.8 Å². The lowest BCUT2D eigenvalue weighted by atomic mass is 10.1. The van der Waals surface area contributed by atoms with E-state index in [-0.39, 0.29) is 0 Å². The molecule has 0 aliphatic heterocycles. The van der Waals surface area contributed by atoms with Crippen molar-refractivity contribution in [2.45, 2.75) is 0 Å². The van der Waals surface area contributed by atoms with Crippen molar-refractivity contribution in [2.75, 3.05) is 0 Å². The lowest BCUT2D eigenvalue weighted by molar-refractivity contribution is 1.26. The van der Waals surface area contributed by atoms with Crippen LogP contribution in [0.4, 0.5) is 0 Å². The zero-order chi connectivity index (χ0) is 11.0. The van der Waals surface area contributed by atoms with Gasteiger partial charge in [0.1, 0.15) is 5.52 Å². The van der Waals surface area contributed by atoms with E-state index in [0.717, 1.165) is 27.0 Å². The van der Waals surface area contributed by atoms with Gasteiger partial charge in [-0.15, -0.1) is 0 Å². The van der Waals surface area contributed by atoms with E-state index in [0.29, 0.717) is 0 Å². The number of hydrogen-bond donors (Lipinski definition) is 1. The van der Waals surface area contributed by atoms with Crippen LogP contribution in [0.2, 0.25) is 0 Å². The Kier molecular flexibility index (Phi) is 2.22. The molecule has 0 saturated carbocycles. The quantitative estimate of drug-likeness (QED) is 0.739. The molecule has 0 amide bonds. The summed E-state index contributed by atoms with van der Waals surface area (Å²) in [5, 5.41) is 0. The van der Waals surface area contributed by atoms with Crippen molar-refractivity contribution in [1.82, 2.24) is 15.0 Å². The second-order valence-corrected chi connectivity index (χ2v) is 4.20. The third-order valence-electron chi connectivity index (χ3n) is 2.42. The predicted octanol–water partition coefficient (Wildman–Crippen LogP) is 3.39. The van der Waals surface area contributed by atoms with E-state index in [1.54, 1.807) is 6.20 Å². The number of rotatable bonds is 1. The van der Waals surface area contributed by atoms with Gasteiger partial charge < -0.3 is 4.98 Å². The van der Waals surface area contributed by atoms with Crippen LogP contribution in [0.25, 0.3) is 22.3 Å². The zero-order valence-electron chi connectivity index (χ0n) is 8.31. The summed E-state index contributed by atoms with van der Waals surface area (Å²) in [6, 6.07) is 12.0. The summed E-state index contributed by atoms with van der Waals surface area (Å²) in [5.74, 6) is 0. The fourth-order valence-electron chi connectivity index (χ4n) is 1.71. The third kappa shape index (κ3) is 1.51. The first kappa shape index (κ1) is 9.54. The fourth-order valence-corrected chi connectivity index (χ4v) is 2.10. The molecule has 2 aromatic heterocycles. The number of H-pyrrole nitrogens is 1. The first-order valence-corrected chi connectivity index (χ1v) is 5.69. The summed E-state index contributed by atoms with van der Waals surface area (Å²) < 4.78 is 0.729. The van der Waals surface area contributed by atoms with E-state index < -0.39 is 0 Å². The average molecular weight is 274 g/mol. The van der Waals surface area contributed by atoms with Gasteiger partial charge >= 0.3 is 0 Å². The van der Waals surface area contributed by atoms with Crippen molar-refractivity contribution in [3.8, 4) is 11.3 Å². The minimum absolute atomic E-state index is 0.729. The largest absolute Gasteiger partial charge is 0.332 e. The van der Waals surface area contributed by atoms with E-state index >= 15 is 0 Å². The Bertz CT molecular complexity index is 631. The minimum Gasteiger partial charge on any atom is -0.332 e. The van der Waals surface area contributed by atoms with Crippen LogP contribution in [0.5, 0.6) is 0 Å². The van der Waals surface area contributed by atoms with Crippen LogP contribution in [-0.4, -0.2) is 15.0 Å². The molecule has 1 aromatic carbocycles. The Morgan fingerprint density at radius 2 is 1.88 bits per heavy atom. The van der Waals surface area contributed by atoms with Gasteiger partial charge in [-0.2, -0.15) is 0 Å². The Labute approximate surface area is 101 Å². The zero-order valence-corrected chi connectivity index (χ0v) is 9.90. The maximum Gasteiger partial charge on any atom is 0.175 e. The summed E-state index contributed by atoms with van der Waals surface area (Å²) in [5.41, 5.74) is 3.86. The molecule has 0 bridgehead atoms. The highest BCUT2D eigenvalue weighted by atomic mass is 79.9. The van der Waals surface area contributed by atoms with Gasteiger partial charge in [0.05, 0.1) is 11.2 Å². The van der Waals surface area contributed by atoms with Gasteiger partial charge in [-0.25, -0.2) is 4.98 Å². The van der Waals surface area contributed by atoms with E-state index in [1.165, 1.54) is 0 Å². The second kappa shape index (κ2) is 3.72. The molecule has 78 valence electrons. The fraction of sp³-hybridized carbons (Fsp3) is 0. The molecular formula is C12H8BrN3. The SMILES string of the molecule is Brc1nc2c(-c3ccccc3)nccc2[nH]1. The van der Waals surface area contributed by atoms with Gasteiger partial charge in [0.25, 0.3) is 0 Å². The topological polar surface area (TPSA) is 41.6 Å². The van der Waals surface area contributed by atoms with Gasteiger partial charge in [0.15, 0.2) is 4.73 Å². The molecule has 0 aliphatic rings. The third-order valence-corrected chi connectivity index (χ3v) is 2.79. The number of fused-ring (bicyclic) bond motifs is 1. The average Bonchev–Trinajstić information content (AvgIpc) is 2.70. The smallest absolute Gasteiger partial charge is 0.175 e. The summed E-state index contributed by atoms with van der Waals surface area (Å²) in [4.78, 5) is 11.9. The highest BCUT2D eigenvalue weighted by Crippen LogP contribution is 2.25. The Morgan fingerprint density at radius 3 is 2.69 bits per heavy atom. The minimum atomic E-state index is 0.729. The van der Waals surface area contributed by atoms with E-state index in [4.69, 9.17) is 0 Å². The molecule has 16 heavy (non-hydrogen) atoms. The predicted molar refractivity (Wildman–Crippen MR) is 67.0 cm³/mol. The lowest BCUT2D eigenvalue weighted by Crippen LogP contribution is -1.84. The molecule has 0 aliphatic carbocycles. The summed E-state index contributed by atoms with van der Waals surface area (Å²) in [6.07, 6.45) is 1.79. The van der Waals surface area contributed by atoms with Crippen LogP contribution in [0, 0.1) is 0 Å². The summed E-state index contributed by atoms with van der Waals surface area (Å²) in [6.45, 7) is 0. The molecular weight excluding hydrogens is 266 g/mol. The van der Waals surface area contributed by atoms with Crippen LogP contribution in [0.15, 0.2) is 47.3 Å². The van der Waals surface area contributed by atoms with Crippen molar-refractivity contribution in [3.63, 3.8) is 0 Å². The second-order valence-electron chi connectivity index (χ2n) is 3.45. The number of aromatic amines is 1. The molecule has 0 unspecified atom stereocenters. The van der Waals surface area contributed by atoms with Crippen molar-refractivity contribution in [2.24, 2.45) is 0 Å². The number of aromatic nitrogens is 3. The van der Waals surface area contributed by atoms with Gasteiger partial charge in [-0.1, -0.05) is 30.3 Å². The standard InChI is InChI=1S/C12H8BrN3/c13-12-15-9-6-7-14-10(11(9)16-12)8-4-2-1-3-5-8/h1-7H,(H,15,16). The highest BCUT2D eigenvalue weighted by Gasteiger charge is 2.08. The first-order chi connectivity index (χ1) is 7.84. The van der Waals surface area contributed by atoms with Crippen molar-refractivity contribution in [3.05, 3.63) is 47.3 Å². The molecule has 4 heteroatoms. The normalized spacial score (nSPS) is 10.8.